The summed E-state index contributed by atoms with van der Waals surface area (Å²) in [5.74, 6) is -0.318. The number of hydrogen-bond donors (Lipinski definition) is 2. The van der Waals surface area contributed by atoms with Crippen molar-refractivity contribution in [2.75, 3.05) is 6.54 Å². The van der Waals surface area contributed by atoms with Crippen LogP contribution in [0.2, 0.25) is 0 Å². The SMILES string of the molecule is CCCCN(C(=O)C(CC(C)C)NC(=O)OC(C)(C)C)C(C(=O)NC(C)CCC)c1cc(C)cc(C)c1. The average molecular weight is 518 g/mol. The van der Waals surface area contributed by atoms with E-state index in [1.807, 2.05) is 46.8 Å². The summed E-state index contributed by atoms with van der Waals surface area (Å²) in [6.45, 7) is 19.9. The summed E-state index contributed by atoms with van der Waals surface area (Å²) in [5, 5.41) is 5.94. The molecule has 7 heteroatoms. The monoisotopic (exact) mass is 517 g/mol. The summed E-state index contributed by atoms with van der Waals surface area (Å²) in [6, 6.07) is 4.40. The Kier molecular flexibility index (Phi) is 13.2. The van der Waals surface area contributed by atoms with Crippen LogP contribution in [-0.2, 0) is 14.3 Å². The molecule has 0 aliphatic carbocycles. The zero-order valence-corrected chi connectivity index (χ0v) is 24.9. The van der Waals surface area contributed by atoms with Gasteiger partial charge in [-0.15, -0.1) is 0 Å². The first kappa shape index (κ1) is 32.5. The molecule has 3 amide bonds. The van der Waals surface area contributed by atoms with E-state index in [4.69, 9.17) is 4.74 Å². The molecule has 0 aliphatic rings. The molecule has 0 aliphatic heterocycles. The lowest BCUT2D eigenvalue weighted by Crippen LogP contribution is -2.54. The summed E-state index contributed by atoms with van der Waals surface area (Å²) in [5.41, 5.74) is 2.16. The third kappa shape index (κ3) is 11.6. The van der Waals surface area contributed by atoms with Gasteiger partial charge in [-0.05, 0) is 72.3 Å². The highest BCUT2D eigenvalue weighted by Gasteiger charge is 2.36. The van der Waals surface area contributed by atoms with Crippen LogP contribution in [0.15, 0.2) is 18.2 Å². The number of hydrogen-bond acceptors (Lipinski definition) is 4. The third-order valence-electron chi connectivity index (χ3n) is 5.96. The summed E-state index contributed by atoms with van der Waals surface area (Å²) in [4.78, 5) is 42.3. The summed E-state index contributed by atoms with van der Waals surface area (Å²) >= 11 is 0. The number of alkyl carbamates (subject to hydrolysis) is 1. The minimum absolute atomic E-state index is 0.0135. The number of nitrogens with one attached hydrogen (secondary N) is 2. The molecular weight excluding hydrogens is 466 g/mol. The Hall–Kier alpha value is -2.57. The van der Waals surface area contributed by atoms with Crippen LogP contribution in [0.4, 0.5) is 4.79 Å². The molecule has 1 aromatic carbocycles. The summed E-state index contributed by atoms with van der Waals surface area (Å²) < 4.78 is 5.46. The molecule has 2 N–H and O–H groups in total. The zero-order chi connectivity index (χ0) is 28.3. The predicted octanol–water partition coefficient (Wildman–Crippen LogP) is 6.22. The second kappa shape index (κ2) is 15.0. The van der Waals surface area contributed by atoms with Crippen molar-refractivity contribution < 1.29 is 19.1 Å². The number of ether oxygens (including phenoxy) is 1. The second-order valence-corrected chi connectivity index (χ2v) is 11.7. The van der Waals surface area contributed by atoms with Crippen molar-refractivity contribution >= 4 is 17.9 Å². The summed E-state index contributed by atoms with van der Waals surface area (Å²) in [7, 11) is 0. The minimum Gasteiger partial charge on any atom is -0.444 e. The lowest BCUT2D eigenvalue weighted by Gasteiger charge is -2.35. The van der Waals surface area contributed by atoms with Gasteiger partial charge in [0.15, 0.2) is 0 Å². The first-order valence-electron chi connectivity index (χ1n) is 13.9. The highest BCUT2D eigenvalue weighted by molar-refractivity contribution is 5.92. The number of amides is 3. The van der Waals surface area contributed by atoms with E-state index in [2.05, 4.69) is 30.5 Å². The maximum atomic E-state index is 14.2. The largest absolute Gasteiger partial charge is 0.444 e. The van der Waals surface area contributed by atoms with Crippen LogP contribution in [0.3, 0.4) is 0 Å². The Labute approximate surface area is 225 Å². The Bertz CT molecular complexity index is 871. The van der Waals surface area contributed by atoms with Crippen LogP contribution in [0.5, 0.6) is 0 Å². The van der Waals surface area contributed by atoms with Gasteiger partial charge in [0.1, 0.15) is 17.7 Å². The minimum atomic E-state index is -0.805. The zero-order valence-electron chi connectivity index (χ0n) is 24.9. The van der Waals surface area contributed by atoms with E-state index in [1.54, 1.807) is 25.7 Å². The van der Waals surface area contributed by atoms with E-state index in [0.717, 1.165) is 42.4 Å². The molecule has 7 nitrogen and oxygen atoms in total. The Morgan fingerprint density at radius 1 is 0.946 bits per heavy atom. The summed E-state index contributed by atoms with van der Waals surface area (Å²) in [6.07, 6.45) is 3.21. The van der Waals surface area contributed by atoms with Crippen LogP contribution < -0.4 is 10.6 Å². The smallest absolute Gasteiger partial charge is 0.408 e. The molecule has 0 saturated heterocycles. The van der Waals surface area contributed by atoms with E-state index < -0.39 is 23.8 Å². The van der Waals surface area contributed by atoms with Crippen molar-refractivity contribution in [1.82, 2.24) is 15.5 Å². The molecule has 0 radical (unpaired) electrons. The van der Waals surface area contributed by atoms with Gasteiger partial charge in [-0.2, -0.15) is 0 Å². The molecule has 210 valence electrons. The maximum Gasteiger partial charge on any atom is 0.408 e. The van der Waals surface area contributed by atoms with Gasteiger partial charge in [0.25, 0.3) is 0 Å². The van der Waals surface area contributed by atoms with E-state index >= 15 is 0 Å². The van der Waals surface area contributed by atoms with Gasteiger partial charge in [0, 0.05) is 12.6 Å². The highest BCUT2D eigenvalue weighted by atomic mass is 16.6. The molecule has 1 aromatic rings. The van der Waals surface area contributed by atoms with Crippen molar-refractivity contribution in [2.45, 2.75) is 125 Å². The van der Waals surface area contributed by atoms with E-state index in [-0.39, 0.29) is 23.8 Å². The lowest BCUT2D eigenvalue weighted by atomic mass is 9.96. The number of aryl methyl sites for hydroxylation is 2. The quantitative estimate of drug-likeness (QED) is 0.325. The number of unbranched alkanes of at least 4 members (excludes halogenated alkanes) is 1. The Morgan fingerprint density at radius 2 is 1.54 bits per heavy atom. The van der Waals surface area contributed by atoms with Crippen molar-refractivity contribution in [3.8, 4) is 0 Å². The van der Waals surface area contributed by atoms with Crippen LogP contribution >= 0.6 is 0 Å². The normalized spacial score (nSPS) is 14.0. The van der Waals surface area contributed by atoms with Crippen molar-refractivity contribution in [2.24, 2.45) is 5.92 Å². The van der Waals surface area contributed by atoms with E-state index in [1.165, 1.54) is 0 Å². The number of nitrogens with zero attached hydrogens (tertiary/aromatic N) is 1. The first-order valence-corrected chi connectivity index (χ1v) is 13.9. The molecule has 0 fully saturated rings. The Balaban J connectivity index is 3.54. The molecule has 0 bridgehead atoms. The molecule has 0 spiro atoms. The van der Waals surface area contributed by atoms with Gasteiger partial charge in [-0.25, -0.2) is 4.79 Å². The standard InChI is InChI=1S/C30H51N3O4/c1-11-13-15-33(28(35)25(16-20(3)4)32-29(36)37-30(8,9)10)26(27(34)31-23(7)14-12-2)24-18-21(5)17-22(6)19-24/h17-20,23,25-26H,11-16H2,1-10H3,(H,31,34)(H,32,36). The molecule has 0 saturated carbocycles. The van der Waals surface area contributed by atoms with Gasteiger partial charge in [0.05, 0.1) is 0 Å². The predicted molar refractivity (Wildman–Crippen MR) is 150 cm³/mol. The molecule has 1 rings (SSSR count). The fourth-order valence-electron chi connectivity index (χ4n) is 4.51. The third-order valence-corrected chi connectivity index (χ3v) is 5.96. The van der Waals surface area contributed by atoms with Crippen LogP contribution in [-0.4, -0.2) is 47.0 Å². The van der Waals surface area contributed by atoms with E-state index in [9.17, 15) is 14.4 Å². The van der Waals surface area contributed by atoms with Gasteiger partial charge >= 0.3 is 6.09 Å². The molecule has 0 aromatic heterocycles. The van der Waals surface area contributed by atoms with Crippen molar-refractivity contribution in [1.29, 1.82) is 0 Å². The number of benzene rings is 1. The van der Waals surface area contributed by atoms with Crippen molar-refractivity contribution in [3.05, 3.63) is 34.9 Å². The van der Waals surface area contributed by atoms with Gasteiger partial charge in [-0.1, -0.05) is 69.9 Å². The van der Waals surface area contributed by atoms with Gasteiger partial charge < -0.3 is 20.3 Å². The molecule has 3 unspecified atom stereocenters. The van der Waals surface area contributed by atoms with Crippen LogP contribution in [0.25, 0.3) is 0 Å². The van der Waals surface area contributed by atoms with Crippen LogP contribution in [0.1, 0.15) is 110 Å². The van der Waals surface area contributed by atoms with Crippen molar-refractivity contribution in [3.63, 3.8) is 0 Å². The average Bonchev–Trinajstić information content (AvgIpc) is 2.73. The molecule has 37 heavy (non-hydrogen) atoms. The fraction of sp³-hybridized carbons (Fsp3) is 0.700. The Morgan fingerprint density at radius 3 is 2.03 bits per heavy atom. The number of rotatable bonds is 13. The second-order valence-electron chi connectivity index (χ2n) is 11.7. The van der Waals surface area contributed by atoms with Gasteiger partial charge in [-0.3, -0.25) is 9.59 Å². The molecular formula is C30H51N3O4. The molecule has 0 heterocycles. The fourth-order valence-corrected chi connectivity index (χ4v) is 4.51. The van der Waals surface area contributed by atoms with Crippen LogP contribution in [0, 0.1) is 19.8 Å². The molecule has 3 atom stereocenters. The maximum absolute atomic E-state index is 14.2. The lowest BCUT2D eigenvalue weighted by molar-refractivity contribution is -0.143. The number of carbonyl (C=O) groups excluding carboxylic acids is 3. The first-order chi connectivity index (χ1) is 17.2. The van der Waals surface area contributed by atoms with E-state index in [0.29, 0.717) is 13.0 Å². The van der Waals surface area contributed by atoms with Gasteiger partial charge in [0.2, 0.25) is 11.8 Å². The topological polar surface area (TPSA) is 87.7 Å². The number of carbonyl (C=O) groups is 3. The highest BCUT2D eigenvalue weighted by Crippen LogP contribution is 2.27.